The van der Waals surface area contributed by atoms with Crippen LogP contribution in [0.3, 0.4) is 0 Å². The molecule has 1 aromatic rings. The van der Waals surface area contributed by atoms with E-state index in [9.17, 15) is 4.79 Å². The number of nitrogens with zero attached hydrogens (tertiary/aromatic N) is 2. The molecule has 112 valence electrons. The second-order valence-electron chi connectivity index (χ2n) is 5.94. The molecule has 1 unspecified atom stereocenters. The van der Waals surface area contributed by atoms with Gasteiger partial charge < -0.3 is 5.11 Å². The number of carboxylic acid groups (broad SMARTS) is 1. The third-order valence-corrected chi connectivity index (χ3v) is 4.53. The Hall–Kier alpha value is -1.65. The van der Waals surface area contributed by atoms with Gasteiger partial charge in [0.25, 0.3) is 0 Å². The molecule has 2 aliphatic heterocycles. The maximum Gasteiger partial charge on any atom is 0.328 e. The van der Waals surface area contributed by atoms with Crippen LogP contribution in [0.5, 0.6) is 0 Å². The predicted octanol–water partition coefficient (Wildman–Crippen LogP) is 2.06. The highest BCUT2D eigenvalue weighted by molar-refractivity contribution is 5.85. The maximum absolute atomic E-state index is 10.7. The summed E-state index contributed by atoms with van der Waals surface area (Å²) in [6.45, 7) is 5.57. The molecule has 0 saturated carbocycles. The molecule has 0 spiro atoms. The van der Waals surface area contributed by atoms with Gasteiger partial charge in [-0.15, -0.1) is 0 Å². The second kappa shape index (κ2) is 6.41. The topological polar surface area (TPSA) is 43.8 Å². The summed E-state index contributed by atoms with van der Waals surface area (Å²) in [6.07, 6.45) is 5.56. The largest absolute Gasteiger partial charge is 0.478 e. The lowest BCUT2D eigenvalue weighted by atomic mass is 10.1. The molecule has 4 heteroatoms. The third-order valence-electron chi connectivity index (χ3n) is 4.53. The van der Waals surface area contributed by atoms with Crippen molar-refractivity contribution in [2.75, 3.05) is 26.2 Å². The third kappa shape index (κ3) is 3.52. The zero-order valence-electron chi connectivity index (χ0n) is 12.2. The molecule has 2 aliphatic rings. The van der Waals surface area contributed by atoms with Crippen molar-refractivity contribution >= 4 is 12.0 Å². The molecule has 3 rings (SSSR count). The fourth-order valence-electron chi connectivity index (χ4n) is 3.44. The highest BCUT2D eigenvalue weighted by Crippen LogP contribution is 2.23. The quantitative estimate of drug-likeness (QED) is 0.861. The van der Waals surface area contributed by atoms with Crippen molar-refractivity contribution in [3.63, 3.8) is 0 Å². The SMILES string of the molecule is O=C(O)/C=C/c1ccccc1CN1CCN2CCCC2C1. The molecule has 2 saturated heterocycles. The standard InChI is InChI=1S/C17H22N2O2/c20-17(21)8-7-14-4-1-2-5-15(14)12-18-10-11-19-9-3-6-16(19)13-18/h1-2,4-5,7-8,16H,3,6,9-13H2,(H,20,21)/b8-7+. The Morgan fingerprint density at radius 3 is 3.00 bits per heavy atom. The van der Waals surface area contributed by atoms with Crippen LogP contribution in [0.15, 0.2) is 30.3 Å². The Balaban J connectivity index is 1.68. The van der Waals surface area contributed by atoms with E-state index in [1.54, 1.807) is 6.08 Å². The van der Waals surface area contributed by atoms with E-state index in [4.69, 9.17) is 5.11 Å². The van der Waals surface area contributed by atoms with E-state index in [0.717, 1.165) is 37.8 Å². The fourth-order valence-corrected chi connectivity index (χ4v) is 3.44. The van der Waals surface area contributed by atoms with Crippen LogP contribution >= 0.6 is 0 Å². The lowest BCUT2D eigenvalue weighted by Crippen LogP contribution is -2.49. The molecule has 0 aromatic heterocycles. The van der Waals surface area contributed by atoms with Crippen molar-refractivity contribution in [1.82, 2.24) is 9.80 Å². The Morgan fingerprint density at radius 1 is 1.29 bits per heavy atom. The number of rotatable bonds is 4. The molecule has 1 atom stereocenters. The molecule has 4 nitrogen and oxygen atoms in total. The van der Waals surface area contributed by atoms with Gasteiger partial charge in [0.15, 0.2) is 0 Å². The normalized spacial score (nSPS) is 23.5. The Morgan fingerprint density at radius 2 is 2.14 bits per heavy atom. The molecule has 0 amide bonds. The van der Waals surface area contributed by atoms with Gasteiger partial charge in [-0.25, -0.2) is 4.79 Å². The van der Waals surface area contributed by atoms with E-state index in [0.29, 0.717) is 0 Å². The summed E-state index contributed by atoms with van der Waals surface area (Å²) in [5.41, 5.74) is 2.22. The number of carbonyl (C=O) groups is 1. The highest BCUT2D eigenvalue weighted by atomic mass is 16.4. The van der Waals surface area contributed by atoms with E-state index >= 15 is 0 Å². The number of hydrogen-bond donors (Lipinski definition) is 1. The van der Waals surface area contributed by atoms with E-state index in [1.807, 2.05) is 18.2 Å². The van der Waals surface area contributed by atoms with Crippen LogP contribution in [0.4, 0.5) is 0 Å². The molecule has 0 aliphatic carbocycles. The molecule has 0 bridgehead atoms. The van der Waals surface area contributed by atoms with Crippen LogP contribution in [0.2, 0.25) is 0 Å². The van der Waals surface area contributed by atoms with Crippen LogP contribution in [0.25, 0.3) is 6.08 Å². The minimum absolute atomic E-state index is 0.723. The number of carboxylic acids is 1. The van der Waals surface area contributed by atoms with Crippen molar-refractivity contribution in [3.8, 4) is 0 Å². The lowest BCUT2D eigenvalue weighted by molar-refractivity contribution is -0.131. The summed E-state index contributed by atoms with van der Waals surface area (Å²) in [5.74, 6) is -0.899. The molecular formula is C17H22N2O2. The molecule has 21 heavy (non-hydrogen) atoms. The van der Waals surface area contributed by atoms with Gasteiger partial charge in [-0.2, -0.15) is 0 Å². The fraction of sp³-hybridized carbons (Fsp3) is 0.471. The van der Waals surface area contributed by atoms with Crippen molar-refractivity contribution in [2.24, 2.45) is 0 Å². The van der Waals surface area contributed by atoms with Crippen molar-refractivity contribution in [3.05, 3.63) is 41.5 Å². The first-order valence-electron chi connectivity index (χ1n) is 7.68. The minimum atomic E-state index is -0.899. The summed E-state index contributed by atoms with van der Waals surface area (Å²) in [4.78, 5) is 15.8. The van der Waals surface area contributed by atoms with Crippen molar-refractivity contribution < 1.29 is 9.90 Å². The number of benzene rings is 1. The predicted molar refractivity (Wildman–Crippen MR) is 83.0 cm³/mol. The molecule has 2 heterocycles. The average molecular weight is 286 g/mol. The Labute approximate surface area is 125 Å². The van der Waals surface area contributed by atoms with Gasteiger partial charge >= 0.3 is 5.97 Å². The zero-order chi connectivity index (χ0) is 14.7. The van der Waals surface area contributed by atoms with Crippen LogP contribution in [-0.2, 0) is 11.3 Å². The minimum Gasteiger partial charge on any atom is -0.478 e. The van der Waals surface area contributed by atoms with E-state index in [1.165, 1.54) is 31.0 Å². The summed E-state index contributed by atoms with van der Waals surface area (Å²) in [6, 6.07) is 8.79. The zero-order valence-corrected chi connectivity index (χ0v) is 12.2. The van der Waals surface area contributed by atoms with Crippen LogP contribution in [0, 0.1) is 0 Å². The molecular weight excluding hydrogens is 264 g/mol. The summed E-state index contributed by atoms with van der Waals surface area (Å²) < 4.78 is 0. The van der Waals surface area contributed by atoms with Crippen LogP contribution < -0.4 is 0 Å². The first-order chi connectivity index (χ1) is 10.2. The highest BCUT2D eigenvalue weighted by Gasteiger charge is 2.30. The Bertz CT molecular complexity index is 541. The number of hydrogen-bond acceptors (Lipinski definition) is 3. The number of aliphatic carboxylic acids is 1. The summed E-state index contributed by atoms with van der Waals surface area (Å²) >= 11 is 0. The van der Waals surface area contributed by atoms with Crippen LogP contribution in [0.1, 0.15) is 24.0 Å². The van der Waals surface area contributed by atoms with Crippen molar-refractivity contribution in [1.29, 1.82) is 0 Å². The van der Waals surface area contributed by atoms with Crippen LogP contribution in [-0.4, -0.2) is 53.1 Å². The molecule has 1 N–H and O–H groups in total. The second-order valence-corrected chi connectivity index (χ2v) is 5.94. The van der Waals surface area contributed by atoms with Crippen molar-refractivity contribution in [2.45, 2.75) is 25.4 Å². The van der Waals surface area contributed by atoms with Gasteiger partial charge in [-0.3, -0.25) is 9.80 Å². The van der Waals surface area contributed by atoms with E-state index in [-0.39, 0.29) is 0 Å². The summed E-state index contributed by atoms with van der Waals surface area (Å²) in [7, 11) is 0. The van der Waals surface area contributed by atoms with Gasteiger partial charge in [0.1, 0.15) is 0 Å². The first-order valence-corrected chi connectivity index (χ1v) is 7.68. The van der Waals surface area contributed by atoms with E-state index < -0.39 is 5.97 Å². The van der Waals surface area contributed by atoms with Gasteiger partial charge in [0.05, 0.1) is 0 Å². The van der Waals surface area contributed by atoms with Gasteiger partial charge in [-0.05, 0) is 36.6 Å². The average Bonchev–Trinajstić information content (AvgIpc) is 2.94. The molecule has 0 radical (unpaired) electrons. The monoisotopic (exact) mass is 286 g/mol. The van der Waals surface area contributed by atoms with Gasteiger partial charge in [0.2, 0.25) is 0 Å². The van der Waals surface area contributed by atoms with Gasteiger partial charge in [0, 0.05) is 38.3 Å². The first kappa shape index (κ1) is 14.3. The summed E-state index contributed by atoms with van der Waals surface area (Å²) in [5, 5.41) is 8.79. The molecule has 2 fully saturated rings. The Kier molecular flexibility index (Phi) is 4.36. The smallest absolute Gasteiger partial charge is 0.328 e. The van der Waals surface area contributed by atoms with Gasteiger partial charge in [-0.1, -0.05) is 24.3 Å². The molecule has 1 aromatic carbocycles. The van der Waals surface area contributed by atoms with E-state index in [2.05, 4.69) is 15.9 Å². The number of piperazine rings is 1. The number of fused-ring (bicyclic) bond motifs is 1. The lowest BCUT2D eigenvalue weighted by Gasteiger charge is -2.37. The maximum atomic E-state index is 10.7.